The van der Waals surface area contributed by atoms with Gasteiger partial charge < -0.3 is 14.4 Å². The van der Waals surface area contributed by atoms with E-state index in [-0.39, 0.29) is 5.91 Å². The van der Waals surface area contributed by atoms with Crippen molar-refractivity contribution in [2.75, 3.05) is 32.9 Å². The maximum Gasteiger partial charge on any atom is 0.274 e. The Labute approximate surface area is 105 Å². The van der Waals surface area contributed by atoms with Crippen LogP contribution in [0.4, 0.5) is 0 Å². The van der Waals surface area contributed by atoms with E-state index in [1.54, 1.807) is 9.58 Å². The third-order valence-corrected chi connectivity index (χ3v) is 3.39. The molecule has 0 aromatic carbocycles. The molecule has 0 aliphatic carbocycles. The van der Waals surface area contributed by atoms with Crippen LogP contribution in [-0.4, -0.2) is 53.5 Å². The summed E-state index contributed by atoms with van der Waals surface area (Å²) in [4.78, 5) is 14.2. The lowest BCUT2D eigenvalue weighted by Crippen LogP contribution is -2.41. The molecule has 6 heteroatoms. The molecule has 0 atom stereocenters. The summed E-state index contributed by atoms with van der Waals surface area (Å²) in [5, 5.41) is 4.39. The average Bonchev–Trinajstić information content (AvgIpc) is 2.77. The maximum absolute atomic E-state index is 12.4. The molecule has 0 radical (unpaired) electrons. The highest BCUT2D eigenvalue weighted by Crippen LogP contribution is 2.25. The average molecular weight is 251 g/mol. The molecular weight excluding hydrogens is 234 g/mol. The summed E-state index contributed by atoms with van der Waals surface area (Å²) in [6.07, 6.45) is 0.944. The van der Waals surface area contributed by atoms with Crippen LogP contribution in [0.25, 0.3) is 0 Å². The molecule has 1 saturated heterocycles. The van der Waals surface area contributed by atoms with Crippen LogP contribution in [0, 0.1) is 6.92 Å². The van der Waals surface area contributed by atoms with Gasteiger partial charge >= 0.3 is 0 Å². The fraction of sp³-hybridized carbons (Fsp3) is 0.667. The Kier molecular flexibility index (Phi) is 2.95. The molecule has 3 rings (SSSR count). The number of aryl methyl sites for hydroxylation is 1. The van der Waals surface area contributed by atoms with Gasteiger partial charge in [-0.2, -0.15) is 5.10 Å². The molecular formula is C12H17N3O3. The van der Waals surface area contributed by atoms with E-state index >= 15 is 0 Å². The van der Waals surface area contributed by atoms with Gasteiger partial charge in [0, 0.05) is 31.6 Å². The summed E-state index contributed by atoms with van der Waals surface area (Å²) in [6.45, 7) is 5.93. The van der Waals surface area contributed by atoms with Gasteiger partial charge in [0.1, 0.15) is 0 Å². The van der Waals surface area contributed by atoms with Crippen molar-refractivity contribution in [2.24, 2.45) is 0 Å². The van der Waals surface area contributed by atoms with E-state index in [9.17, 15) is 4.79 Å². The zero-order chi connectivity index (χ0) is 12.5. The Morgan fingerprint density at radius 3 is 2.72 bits per heavy atom. The largest absolute Gasteiger partial charge is 0.478 e. The standard InChI is InChI=1S/C12H17N3O3/c1-9-10(11(16)14-4-7-17-8-5-14)13-15-3-2-6-18-12(9)15/h2-8H2,1H3. The van der Waals surface area contributed by atoms with Gasteiger partial charge in [0.15, 0.2) is 5.69 Å². The minimum atomic E-state index is -0.0127. The number of fused-ring (bicyclic) bond motifs is 1. The summed E-state index contributed by atoms with van der Waals surface area (Å²) in [6, 6.07) is 0. The van der Waals surface area contributed by atoms with Crippen LogP contribution in [0.5, 0.6) is 5.88 Å². The number of amides is 1. The van der Waals surface area contributed by atoms with Gasteiger partial charge in [0.05, 0.1) is 19.8 Å². The second kappa shape index (κ2) is 4.61. The number of morpholine rings is 1. The van der Waals surface area contributed by atoms with E-state index in [1.165, 1.54) is 0 Å². The number of rotatable bonds is 1. The number of carbonyl (C=O) groups excluding carboxylic acids is 1. The number of hydrogen-bond acceptors (Lipinski definition) is 4. The van der Waals surface area contributed by atoms with Crippen molar-refractivity contribution in [3.05, 3.63) is 11.3 Å². The molecule has 0 spiro atoms. The zero-order valence-electron chi connectivity index (χ0n) is 10.5. The predicted molar refractivity (Wildman–Crippen MR) is 63.8 cm³/mol. The number of aromatic nitrogens is 2. The van der Waals surface area contributed by atoms with Crippen LogP contribution in [0.1, 0.15) is 22.5 Å². The zero-order valence-corrected chi connectivity index (χ0v) is 10.5. The highest BCUT2D eigenvalue weighted by atomic mass is 16.5. The lowest BCUT2D eigenvalue weighted by atomic mass is 10.2. The third-order valence-electron chi connectivity index (χ3n) is 3.39. The van der Waals surface area contributed by atoms with Gasteiger partial charge in [0.2, 0.25) is 5.88 Å². The molecule has 2 aliphatic rings. The fourth-order valence-corrected chi connectivity index (χ4v) is 2.37. The smallest absolute Gasteiger partial charge is 0.274 e. The van der Waals surface area contributed by atoms with Crippen molar-refractivity contribution in [2.45, 2.75) is 19.9 Å². The lowest BCUT2D eigenvalue weighted by molar-refractivity contribution is 0.0298. The number of carbonyl (C=O) groups is 1. The number of nitrogens with zero attached hydrogens (tertiary/aromatic N) is 3. The van der Waals surface area contributed by atoms with E-state index in [0.29, 0.717) is 38.6 Å². The van der Waals surface area contributed by atoms with Gasteiger partial charge in [-0.25, -0.2) is 4.68 Å². The first kappa shape index (κ1) is 11.5. The number of ether oxygens (including phenoxy) is 2. The van der Waals surface area contributed by atoms with Gasteiger partial charge in [0.25, 0.3) is 5.91 Å². The normalized spacial score (nSPS) is 19.3. The first-order valence-electron chi connectivity index (χ1n) is 6.34. The fourth-order valence-electron chi connectivity index (χ4n) is 2.37. The minimum absolute atomic E-state index is 0.0127. The van der Waals surface area contributed by atoms with Gasteiger partial charge in [-0.1, -0.05) is 0 Å². The van der Waals surface area contributed by atoms with Crippen molar-refractivity contribution in [3.8, 4) is 5.88 Å². The molecule has 1 aromatic rings. The summed E-state index contributed by atoms with van der Waals surface area (Å²) >= 11 is 0. The molecule has 2 aliphatic heterocycles. The Balaban J connectivity index is 1.87. The van der Waals surface area contributed by atoms with Crippen molar-refractivity contribution >= 4 is 5.91 Å². The topological polar surface area (TPSA) is 56.6 Å². The summed E-state index contributed by atoms with van der Waals surface area (Å²) in [5.41, 5.74) is 1.37. The van der Waals surface area contributed by atoms with Gasteiger partial charge in [-0.3, -0.25) is 4.79 Å². The molecule has 1 aromatic heterocycles. The van der Waals surface area contributed by atoms with Crippen molar-refractivity contribution in [1.82, 2.24) is 14.7 Å². The molecule has 0 N–H and O–H groups in total. The molecule has 0 bridgehead atoms. The van der Waals surface area contributed by atoms with E-state index < -0.39 is 0 Å². The second-order valence-electron chi connectivity index (χ2n) is 4.61. The molecule has 0 unspecified atom stereocenters. The van der Waals surface area contributed by atoms with Crippen LogP contribution in [0.3, 0.4) is 0 Å². The lowest BCUT2D eigenvalue weighted by Gasteiger charge is -2.26. The predicted octanol–water partition coefficient (Wildman–Crippen LogP) is 0.446. The molecule has 1 amide bonds. The molecule has 98 valence electrons. The quantitative estimate of drug-likeness (QED) is 0.727. The Hall–Kier alpha value is -1.56. The van der Waals surface area contributed by atoms with Crippen LogP contribution in [0.15, 0.2) is 0 Å². The first-order chi connectivity index (χ1) is 8.77. The first-order valence-corrected chi connectivity index (χ1v) is 6.34. The van der Waals surface area contributed by atoms with Crippen LogP contribution in [0.2, 0.25) is 0 Å². The van der Waals surface area contributed by atoms with E-state index in [0.717, 1.165) is 24.4 Å². The molecule has 0 saturated carbocycles. The highest BCUT2D eigenvalue weighted by Gasteiger charge is 2.27. The SMILES string of the molecule is Cc1c(C(=O)N2CCOCC2)nn2c1OCCC2. The second-order valence-corrected chi connectivity index (χ2v) is 4.61. The molecule has 6 nitrogen and oxygen atoms in total. The molecule has 18 heavy (non-hydrogen) atoms. The van der Waals surface area contributed by atoms with E-state index in [2.05, 4.69) is 5.10 Å². The van der Waals surface area contributed by atoms with E-state index in [1.807, 2.05) is 6.92 Å². The van der Waals surface area contributed by atoms with Crippen molar-refractivity contribution in [3.63, 3.8) is 0 Å². The van der Waals surface area contributed by atoms with E-state index in [4.69, 9.17) is 9.47 Å². The monoisotopic (exact) mass is 251 g/mol. The molecule has 3 heterocycles. The number of hydrogen-bond donors (Lipinski definition) is 0. The van der Waals surface area contributed by atoms with Crippen LogP contribution >= 0.6 is 0 Å². The Morgan fingerprint density at radius 1 is 1.22 bits per heavy atom. The minimum Gasteiger partial charge on any atom is -0.478 e. The summed E-state index contributed by atoms with van der Waals surface area (Å²) < 4.78 is 12.6. The van der Waals surface area contributed by atoms with Gasteiger partial charge in [-0.15, -0.1) is 0 Å². The summed E-state index contributed by atoms with van der Waals surface area (Å²) in [7, 11) is 0. The maximum atomic E-state index is 12.4. The van der Waals surface area contributed by atoms with Crippen molar-refractivity contribution in [1.29, 1.82) is 0 Å². The third kappa shape index (κ3) is 1.86. The summed E-state index contributed by atoms with van der Waals surface area (Å²) in [5.74, 6) is 0.735. The van der Waals surface area contributed by atoms with Gasteiger partial charge in [-0.05, 0) is 6.92 Å². The molecule has 1 fully saturated rings. The Bertz CT molecular complexity index is 463. The van der Waals surface area contributed by atoms with Crippen molar-refractivity contribution < 1.29 is 14.3 Å². The van der Waals surface area contributed by atoms with Crippen LogP contribution in [-0.2, 0) is 11.3 Å². The Morgan fingerprint density at radius 2 is 2.00 bits per heavy atom. The highest BCUT2D eigenvalue weighted by molar-refractivity contribution is 5.94. The van der Waals surface area contributed by atoms with Crippen LogP contribution < -0.4 is 4.74 Å².